The summed E-state index contributed by atoms with van der Waals surface area (Å²) in [5.74, 6) is 0.694. The van der Waals surface area contributed by atoms with Crippen LogP contribution in [0.25, 0.3) is 0 Å². The number of carbonyl (C=O) groups is 2. The van der Waals surface area contributed by atoms with E-state index < -0.39 is 0 Å². The normalized spacial score (nSPS) is 15.9. The number of carbonyl (C=O) groups excluding carboxylic acids is 2. The van der Waals surface area contributed by atoms with Crippen LogP contribution in [0.5, 0.6) is 5.75 Å². The average molecular weight is 351 g/mol. The fourth-order valence-corrected chi connectivity index (χ4v) is 3.76. The van der Waals surface area contributed by atoms with E-state index in [9.17, 15) is 9.59 Å². The molecular weight excluding hydrogens is 326 g/mol. The lowest BCUT2D eigenvalue weighted by Gasteiger charge is -2.27. The lowest BCUT2D eigenvalue weighted by molar-refractivity contribution is -0.120. The minimum absolute atomic E-state index is 0.0129. The fraction of sp³-hybridized carbons (Fsp3) is 0.364. The van der Waals surface area contributed by atoms with E-state index in [0.717, 1.165) is 16.8 Å². The highest BCUT2D eigenvalue weighted by molar-refractivity contribution is 6.04. The second-order valence-electron chi connectivity index (χ2n) is 7.18. The van der Waals surface area contributed by atoms with Crippen molar-refractivity contribution in [1.29, 1.82) is 0 Å². The van der Waals surface area contributed by atoms with Crippen molar-refractivity contribution in [2.75, 3.05) is 11.5 Å². The molecule has 0 aromatic heterocycles. The molecule has 0 saturated heterocycles. The van der Waals surface area contributed by atoms with E-state index in [0.29, 0.717) is 17.7 Å². The van der Waals surface area contributed by atoms with Gasteiger partial charge in [-0.25, -0.2) is 0 Å². The van der Waals surface area contributed by atoms with E-state index in [1.165, 1.54) is 0 Å². The predicted octanol–water partition coefficient (Wildman–Crippen LogP) is 4.51. The topological polar surface area (TPSA) is 46.6 Å². The molecule has 0 radical (unpaired) electrons. The molecule has 1 atom stereocenters. The molecule has 0 N–H and O–H groups in total. The summed E-state index contributed by atoms with van der Waals surface area (Å²) in [4.78, 5) is 26.9. The monoisotopic (exact) mass is 351 g/mol. The van der Waals surface area contributed by atoms with Crippen LogP contribution in [0.1, 0.15) is 54.6 Å². The molecule has 0 aliphatic heterocycles. The summed E-state index contributed by atoms with van der Waals surface area (Å²) < 4.78 is 5.82. The Morgan fingerprint density at radius 2 is 1.88 bits per heavy atom. The van der Waals surface area contributed by atoms with Crippen molar-refractivity contribution in [3.05, 3.63) is 59.2 Å². The fourth-order valence-electron chi connectivity index (χ4n) is 3.76. The van der Waals surface area contributed by atoms with Crippen molar-refractivity contribution in [3.8, 4) is 5.75 Å². The Bertz CT molecular complexity index is 827. The number of rotatable bonds is 5. The van der Waals surface area contributed by atoms with E-state index in [2.05, 4.69) is 6.92 Å². The molecule has 1 aliphatic carbocycles. The average Bonchev–Trinajstić information content (AvgIpc) is 2.91. The molecule has 0 spiro atoms. The molecule has 136 valence electrons. The van der Waals surface area contributed by atoms with E-state index in [1.54, 1.807) is 11.0 Å². The molecule has 1 unspecified atom stereocenters. The Morgan fingerprint density at radius 3 is 2.54 bits per heavy atom. The Morgan fingerprint density at radius 1 is 1.19 bits per heavy atom. The van der Waals surface area contributed by atoms with E-state index in [4.69, 9.17) is 4.74 Å². The van der Waals surface area contributed by atoms with Crippen LogP contribution in [0.2, 0.25) is 0 Å². The number of aryl methyl sites for hydroxylation is 1. The van der Waals surface area contributed by atoms with Gasteiger partial charge in [-0.15, -0.1) is 0 Å². The maximum Gasteiger partial charge on any atom is 0.265 e. The first-order chi connectivity index (χ1) is 12.4. The molecule has 1 aliphatic rings. The molecule has 0 saturated carbocycles. The van der Waals surface area contributed by atoms with Crippen molar-refractivity contribution in [1.82, 2.24) is 0 Å². The van der Waals surface area contributed by atoms with Gasteiger partial charge in [0.25, 0.3) is 5.91 Å². The van der Waals surface area contributed by atoms with Crippen LogP contribution in [0.15, 0.2) is 42.5 Å². The van der Waals surface area contributed by atoms with Gasteiger partial charge >= 0.3 is 0 Å². The maximum absolute atomic E-state index is 12.8. The van der Waals surface area contributed by atoms with Gasteiger partial charge in [0.2, 0.25) is 0 Å². The van der Waals surface area contributed by atoms with Gasteiger partial charge in [0.05, 0.1) is 5.56 Å². The second kappa shape index (κ2) is 7.32. The van der Waals surface area contributed by atoms with E-state index in [1.807, 2.05) is 57.2 Å². The smallest absolute Gasteiger partial charge is 0.265 e. The van der Waals surface area contributed by atoms with Crippen LogP contribution in [-0.4, -0.2) is 24.3 Å². The van der Waals surface area contributed by atoms with Gasteiger partial charge in [-0.1, -0.05) is 31.2 Å². The van der Waals surface area contributed by atoms with Crippen LogP contribution >= 0.6 is 0 Å². The molecule has 2 aromatic carbocycles. The molecule has 0 fully saturated rings. The number of hydrogen-bond donors (Lipinski definition) is 0. The van der Waals surface area contributed by atoms with Crippen molar-refractivity contribution in [3.63, 3.8) is 0 Å². The van der Waals surface area contributed by atoms with Gasteiger partial charge in [0.1, 0.15) is 5.75 Å². The van der Waals surface area contributed by atoms with Crippen molar-refractivity contribution in [2.24, 2.45) is 0 Å². The highest BCUT2D eigenvalue weighted by Crippen LogP contribution is 2.40. The Balaban J connectivity index is 1.81. The summed E-state index contributed by atoms with van der Waals surface area (Å²) in [7, 11) is 0. The number of anilines is 1. The SMILES string of the molecule is Cc1ccc(OCC(=O)N(c2ccccc2)C(C)C)c2c1C(C)CC2=O. The minimum Gasteiger partial charge on any atom is -0.483 e. The summed E-state index contributed by atoms with van der Waals surface area (Å²) in [5, 5.41) is 0. The lowest BCUT2D eigenvalue weighted by atomic mass is 9.97. The highest BCUT2D eigenvalue weighted by atomic mass is 16.5. The predicted molar refractivity (Wildman–Crippen MR) is 103 cm³/mol. The molecule has 0 heterocycles. The molecule has 0 bridgehead atoms. The number of ketones is 1. The van der Waals surface area contributed by atoms with Crippen LogP contribution in [0.4, 0.5) is 5.69 Å². The summed E-state index contributed by atoms with van der Waals surface area (Å²) in [5.41, 5.74) is 3.66. The summed E-state index contributed by atoms with van der Waals surface area (Å²) in [6.45, 7) is 7.92. The number of benzene rings is 2. The largest absolute Gasteiger partial charge is 0.483 e. The number of Topliss-reactive ketones (excluding diaryl/α,β-unsaturated/α-hetero) is 1. The number of hydrogen-bond acceptors (Lipinski definition) is 3. The molecule has 4 heteroatoms. The first-order valence-electron chi connectivity index (χ1n) is 9.06. The van der Waals surface area contributed by atoms with Crippen LogP contribution < -0.4 is 9.64 Å². The third kappa shape index (κ3) is 3.36. The van der Waals surface area contributed by atoms with Crippen molar-refractivity contribution in [2.45, 2.75) is 46.1 Å². The Kier molecular flexibility index (Phi) is 5.12. The first-order valence-corrected chi connectivity index (χ1v) is 9.06. The Labute approximate surface area is 154 Å². The first kappa shape index (κ1) is 18.2. The molecule has 2 aromatic rings. The number of nitrogens with zero attached hydrogens (tertiary/aromatic N) is 1. The van der Waals surface area contributed by atoms with Crippen molar-refractivity contribution < 1.29 is 14.3 Å². The third-order valence-electron chi connectivity index (χ3n) is 4.86. The number of amides is 1. The summed E-state index contributed by atoms with van der Waals surface area (Å²) in [6, 6.07) is 13.3. The third-order valence-corrected chi connectivity index (χ3v) is 4.86. The highest BCUT2D eigenvalue weighted by Gasteiger charge is 2.31. The van der Waals surface area contributed by atoms with Gasteiger partial charge < -0.3 is 9.64 Å². The summed E-state index contributed by atoms with van der Waals surface area (Å²) >= 11 is 0. The van der Waals surface area contributed by atoms with Crippen molar-refractivity contribution >= 4 is 17.4 Å². The zero-order valence-electron chi connectivity index (χ0n) is 15.8. The van der Waals surface area contributed by atoms with Crippen LogP contribution in [0.3, 0.4) is 0 Å². The zero-order valence-corrected chi connectivity index (χ0v) is 15.8. The molecule has 1 amide bonds. The van der Waals surface area contributed by atoms with Gasteiger partial charge in [0.15, 0.2) is 12.4 Å². The molecule has 4 nitrogen and oxygen atoms in total. The number of ether oxygens (including phenoxy) is 1. The molecular formula is C22H25NO3. The maximum atomic E-state index is 12.8. The Hall–Kier alpha value is -2.62. The minimum atomic E-state index is -0.126. The quantitative estimate of drug-likeness (QED) is 0.796. The molecule has 26 heavy (non-hydrogen) atoms. The number of fused-ring (bicyclic) bond motifs is 1. The second-order valence-corrected chi connectivity index (χ2v) is 7.18. The van der Waals surface area contributed by atoms with Gasteiger partial charge in [-0.3, -0.25) is 9.59 Å². The number of para-hydroxylation sites is 1. The van der Waals surface area contributed by atoms with E-state index >= 15 is 0 Å². The lowest BCUT2D eigenvalue weighted by Crippen LogP contribution is -2.40. The zero-order chi connectivity index (χ0) is 18.8. The molecule has 3 rings (SSSR count). The van der Waals surface area contributed by atoms with Gasteiger partial charge in [-0.05, 0) is 56.0 Å². The van der Waals surface area contributed by atoms with E-state index in [-0.39, 0.29) is 30.3 Å². The van der Waals surface area contributed by atoms with Gasteiger partial charge in [-0.2, -0.15) is 0 Å². The van der Waals surface area contributed by atoms with Crippen LogP contribution in [-0.2, 0) is 4.79 Å². The van der Waals surface area contributed by atoms with Crippen LogP contribution in [0, 0.1) is 6.92 Å². The summed E-state index contributed by atoms with van der Waals surface area (Å²) in [6.07, 6.45) is 0.507. The standard InChI is InChI=1S/C22H25NO3/c1-14(2)23(17-8-6-5-7-9-17)20(25)13-26-19-11-10-15(3)21-16(4)12-18(24)22(19)21/h5-11,14,16H,12-13H2,1-4H3. The van der Waals surface area contributed by atoms with Gasteiger partial charge in [0, 0.05) is 18.2 Å².